The van der Waals surface area contributed by atoms with Gasteiger partial charge in [0.15, 0.2) is 0 Å². The molecule has 0 fully saturated rings. The fraction of sp³-hybridized carbons (Fsp3) is 0. The molecule has 0 atom stereocenters. The van der Waals surface area contributed by atoms with E-state index in [-0.39, 0.29) is 0 Å². The summed E-state index contributed by atoms with van der Waals surface area (Å²) in [6.07, 6.45) is 0. The van der Waals surface area contributed by atoms with E-state index in [1.807, 2.05) is 97.1 Å². The zero-order chi connectivity index (χ0) is 26.4. The zero-order valence-corrected chi connectivity index (χ0v) is 21.5. The number of phosphoric ester groups is 1. The summed E-state index contributed by atoms with van der Waals surface area (Å²) in [4.78, 5) is 0. The Morgan fingerprint density at radius 3 is 1.59 bits per heavy atom. The number of hydrogen-bond acceptors (Lipinski definition) is 5. The van der Waals surface area contributed by atoms with Crippen LogP contribution in [0.15, 0.2) is 121 Å². The number of nitriles is 1. The largest absolute Gasteiger partial charge is 0.647 e. The number of benzene rings is 6. The van der Waals surface area contributed by atoms with E-state index in [9.17, 15) is 4.57 Å². The third-order valence-electron chi connectivity index (χ3n) is 6.87. The Morgan fingerprint density at radius 1 is 0.590 bits per heavy atom. The van der Waals surface area contributed by atoms with Gasteiger partial charge >= 0.3 is 7.82 Å². The lowest BCUT2D eigenvalue weighted by atomic mass is 9.92. The monoisotopic (exact) mass is 525 g/mol. The summed E-state index contributed by atoms with van der Waals surface area (Å²) in [6.45, 7) is 0. The molecule has 0 amide bonds. The normalized spacial score (nSPS) is 13.3. The van der Waals surface area contributed by atoms with Crippen molar-refractivity contribution < 1.29 is 18.1 Å². The van der Waals surface area contributed by atoms with Crippen molar-refractivity contribution in [2.45, 2.75) is 0 Å². The Kier molecular flexibility index (Phi) is 5.37. The van der Waals surface area contributed by atoms with Crippen molar-refractivity contribution in [3.05, 3.63) is 127 Å². The molecule has 0 bridgehead atoms. The van der Waals surface area contributed by atoms with Crippen molar-refractivity contribution in [3.8, 4) is 45.6 Å². The first-order valence-corrected chi connectivity index (χ1v) is 13.9. The molecule has 0 unspecified atom stereocenters. The average Bonchev–Trinajstić information content (AvgIpc) is 3.11. The summed E-state index contributed by atoms with van der Waals surface area (Å²) in [5, 5.41) is 13.1. The summed E-state index contributed by atoms with van der Waals surface area (Å²) in [5.74, 6) is 1.21. The van der Waals surface area contributed by atoms with E-state index >= 15 is 0 Å². The zero-order valence-electron chi connectivity index (χ0n) is 20.6. The van der Waals surface area contributed by atoms with Crippen LogP contribution in [0, 0.1) is 11.3 Å². The molecule has 1 aliphatic rings. The Hall–Kier alpha value is -5.04. The lowest BCUT2D eigenvalue weighted by Crippen LogP contribution is -2.06. The minimum absolute atomic E-state index is 0.349. The van der Waals surface area contributed by atoms with E-state index in [1.165, 1.54) is 0 Å². The first-order valence-electron chi connectivity index (χ1n) is 12.4. The van der Waals surface area contributed by atoms with Crippen LogP contribution in [-0.4, -0.2) is 0 Å². The van der Waals surface area contributed by atoms with Gasteiger partial charge in [0.1, 0.15) is 17.2 Å². The molecule has 6 aromatic rings. The summed E-state index contributed by atoms with van der Waals surface area (Å²) in [5.41, 5.74) is 4.12. The van der Waals surface area contributed by atoms with Crippen LogP contribution in [0.5, 0.6) is 17.2 Å². The second-order valence-corrected chi connectivity index (χ2v) is 10.7. The van der Waals surface area contributed by atoms with Crippen molar-refractivity contribution in [2.24, 2.45) is 0 Å². The van der Waals surface area contributed by atoms with Crippen LogP contribution in [0.3, 0.4) is 0 Å². The number of fused-ring (bicyclic) bond motifs is 7. The molecule has 1 aliphatic heterocycles. The molecule has 0 spiro atoms. The van der Waals surface area contributed by atoms with Crippen LogP contribution >= 0.6 is 7.82 Å². The number of nitrogens with zero attached hydrogens (tertiary/aromatic N) is 1. The number of rotatable bonds is 3. The van der Waals surface area contributed by atoms with Crippen molar-refractivity contribution in [1.29, 1.82) is 5.26 Å². The Bertz CT molecular complexity index is 1880. The highest BCUT2D eigenvalue weighted by molar-refractivity contribution is 7.49. The minimum atomic E-state index is -4.13. The molecule has 39 heavy (non-hydrogen) atoms. The second-order valence-electron chi connectivity index (χ2n) is 9.25. The van der Waals surface area contributed by atoms with E-state index in [0.717, 1.165) is 43.8 Å². The van der Waals surface area contributed by atoms with Crippen LogP contribution in [0.4, 0.5) is 0 Å². The number of phosphoric acid groups is 1. The maximum atomic E-state index is 14.1. The summed E-state index contributed by atoms with van der Waals surface area (Å²) < 4.78 is 32.3. The van der Waals surface area contributed by atoms with Gasteiger partial charge in [0.05, 0.1) is 11.6 Å². The Balaban J connectivity index is 1.32. The SMILES string of the molecule is N#Cc1ccc(-c2ccc(OP3(=O)Oc4ccc5ccccc5c4-c4c(ccc5ccccc45)O3)cc2)cc1. The molecule has 0 aliphatic carbocycles. The van der Waals surface area contributed by atoms with Crippen LogP contribution in [0.25, 0.3) is 43.8 Å². The van der Waals surface area contributed by atoms with Crippen molar-refractivity contribution in [3.63, 3.8) is 0 Å². The van der Waals surface area contributed by atoms with Gasteiger partial charge < -0.3 is 13.6 Å². The predicted octanol–water partition coefficient (Wildman–Crippen LogP) is 9.16. The van der Waals surface area contributed by atoms with E-state index < -0.39 is 7.82 Å². The highest BCUT2D eigenvalue weighted by atomic mass is 31.2. The first-order chi connectivity index (χ1) is 19.1. The van der Waals surface area contributed by atoms with Gasteiger partial charge in [-0.1, -0.05) is 84.9 Å². The highest BCUT2D eigenvalue weighted by Crippen LogP contribution is 2.59. The predicted molar refractivity (Wildman–Crippen MR) is 153 cm³/mol. The van der Waals surface area contributed by atoms with Crippen LogP contribution in [0.2, 0.25) is 0 Å². The molecule has 6 heteroatoms. The molecular weight excluding hydrogens is 505 g/mol. The van der Waals surface area contributed by atoms with Gasteiger partial charge in [-0.25, -0.2) is 0 Å². The topological polar surface area (TPSA) is 68.5 Å². The molecule has 6 aromatic carbocycles. The molecule has 7 rings (SSSR count). The summed E-state index contributed by atoms with van der Waals surface area (Å²) >= 11 is 0. The van der Waals surface area contributed by atoms with E-state index in [4.69, 9.17) is 18.8 Å². The van der Waals surface area contributed by atoms with E-state index in [1.54, 1.807) is 24.3 Å². The lowest BCUT2D eigenvalue weighted by molar-refractivity contribution is 0.302. The fourth-order valence-corrected chi connectivity index (χ4v) is 6.32. The Labute approximate surface area is 225 Å². The molecule has 186 valence electrons. The lowest BCUT2D eigenvalue weighted by Gasteiger charge is -2.18. The van der Waals surface area contributed by atoms with Gasteiger partial charge in [0.2, 0.25) is 0 Å². The van der Waals surface area contributed by atoms with Crippen LogP contribution < -0.4 is 13.6 Å². The van der Waals surface area contributed by atoms with Gasteiger partial charge in [0.25, 0.3) is 0 Å². The van der Waals surface area contributed by atoms with Gasteiger partial charge in [-0.15, -0.1) is 0 Å². The second kappa shape index (κ2) is 9.06. The first kappa shape index (κ1) is 23.1. The molecule has 5 nitrogen and oxygen atoms in total. The van der Waals surface area contributed by atoms with Crippen molar-refractivity contribution >= 4 is 29.4 Å². The highest BCUT2D eigenvalue weighted by Gasteiger charge is 2.39. The quantitative estimate of drug-likeness (QED) is 0.216. The van der Waals surface area contributed by atoms with Gasteiger partial charge in [-0.3, -0.25) is 0 Å². The molecule has 0 aromatic heterocycles. The van der Waals surface area contributed by atoms with Crippen LogP contribution in [-0.2, 0) is 4.57 Å². The number of hydrogen-bond donors (Lipinski definition) is 0. The van der Waals surface area contributed by atoms with Gasteiger partial charge in [-0.05, 0) is 69.1 Å². The van der Waals surface area contributed by atoms with Gasteiger partial charge in [-0.2, -0.15) is 9.83 Å². The maximum absolute atomic E-state index is 14.1. The molecule has 1 heterocycles. The minimum Gasteiger partial charge on any atom is -0.386 e. The summed E-state index contributed by atoms with van der Waals surface area (Å²) in [7, 11) is -4.13. The van der Waals surface area contributed by atoms with E-state index in [2.05, 4.69) is 6.07 Å². The standard InChI is InChI=1S/C33H20NO4P/c34-21-22-9-11-23(12-10-22)24-13-17-27(18-14-24)36-39(35)37-30-19-15-25-5-1-3-7-28(25)32(30)33-29-8-4-2-6-26(29)16-20-31(33)38-39/h1-20H. The van der Waals surface area contributed by atoms with E-state index in [0.29, 0.717) is 22.8 Å². The van der Waals surface area contributed by atoms with Crippen LogP contribution in [0.1, 0.15) is 5.56 Å². The summed E-state index contributed by atoms with van der Waals surface area (Å²) in [6, 6.07) is 40.2. The fourth-order valence-electron chi connectivity index (χ4n) is 5.04. The molecule has 0 saturated carbocycles. The molecule has 0 N–H and O–H groups in total. The molecule has 0 radical (unpaired) electrons. The average molecular weight is 526 g/mol. The smallest absolute Gasteiger partial charge is 0.386 e. The molecule has 0 saturated heterocycles. The molecular formula is C33H20NO4P. The van der Waals surface area contributed by atoms with Crippen molar-refractivity contribution in [1.82, 2.24) is 0 Å². The maximum Gasteiger partial charge on any atom is 0.647 e. The van der Waals surface area contributed by atoms with Gasteiger partial charge in [0, 0.05) is 11.1 Å². The third kappa shape index (κ3) is 4.08. The third-order valence-corrected chi connectivity index (χ3v) is 8.15. The van der Waals surface area contributed by atoms with Crippen molar-refractivity contribution in [2.75, 3.05) is 0 Å². The Morgan fingerprint density at radius 2 is 1.08 bits per heavy atom.